The van der Waals surface area contributed by atoms with Crippen LogP contribution in [-0.4, -0.2) is 60.4 Å². The van der Waals surface area contributed by atoms with E-state index in [4.69, 9.17) is 11.6 Å². The Hall–Kier alpha value is -1.89. The van der Waals surface area contributed by atoms with Gasteiger partial charge in [0.25, 0.3) is 0 Å². The highest BCUT2D eigenvalue weighted by Gasteiger charge is 2.25. The average molecular weight is 404 g/mol. The third-order valence-electron chi connectivity index (χ3n) is 4.93. The number of halogens is 1. The summed E-state index contributed by atoms with van der Waals surface area (Å²) in [4.78, 5) is 29.2. The van der Waals surface area contributed by atoms with Crippen LogP contribution in [0.2, 0.25) is 5.02 Å². The fourth-order valence-electron chi connectivity index (χ4n) is 3.22. The van der Waals surface area contributed by atoms with E-state index in [2.05, 4.69) is 10.2 Å². The average Bonchev–Trinajstić information content (AvgIpc) is 3.43. The van der Waals surface area contributed by atoms with Gasteiger partial charge in [0.2, 0.25) is 11.8 Å². The van der Waals surface area contributed by atoms with Crippen molar-refractivity contribution in [2.75, 3.05) is 32.7 Å². The van der Waals surface area contributed by atoms with Gasteiger partial charge in [-0.1, -0.05) is 29.8 Å². The number of hydrogen-bond donors (Lipinski definition) is 1. The fourth-order valence-corrected chi connectivity index (χ4v) is 4.62. The number of fused-ring (bicyclic) bond motifs is 1. The molecule has 2 aliphatic rings. The second-order valence-corrected chi connectivity index (χ2v) is 8.51. The quantitative estimate of drug-likeness (QED) is 0.781. The van der Waals surface area contributed by atoms with Gasteiger partial charge in [-0.25, -0.2) is 0 Å². The summed E-state index contributed by atoms with van der Waals surface area (Å²) in [6.07, 6.45) is 5.62. The molecule has 1 N–H and O–H groups in total. The molecule has 1 aliphatic carbocycles. The van der Waals surface area contributed by atoms with Crippen LogP contribution in [0.15, 0.2) is 30.3 Å². The van der Waals surface area contributed by atoms with Gasteiger partial charge < -0.3 is 10.2 Å². The van der Waals surface area contributed by atoms with E-state index in [1.165, 1.54) is 0 Å². The van der Waals surface area contributed by atoms with Crippen molar-refractivity contribution in [2.24, 2.45) is 0 Å². The molecule has 0 bridgehead atoms. The van der Waals surface area contributed by atoms with E-state index in [1.807, 2.05) is 35.2 Å². The summed E-state index contributed by atoms with van der Waals surface area (Å²) < 4.78 is 1.12. The standard InChI is InChI=1S/C20H22ClN3O2S/c21-20-15-3-1-2-4-16(15)27-17(20)7-8-19(26)24-11-9-23(10-12-24)13-18(25)22-14-5-6-14/h1-4,7-8,14H,5-6,9-13H2,(H,22,25)/b8-7+. The molecule has 2 amide bonds. The Bertz CT molecular complexity index is 882. The van der Waals surface area contributed by atoms with E-state index in [0.29, 0.717) is 30.7 Å². The molecule has 0 spiro atoms. The van der Waals surface area contributed by atoms with Crippen molar-refractivity contribution in [3.05, 3.63) is 40.2 Å². The Kier molecular flexibility index (Phi) is 5.48. The molecule has 1 saturated heterocycles. The lowest BCUT2D eigenvalue weighted by Gasteiger charge is -2.33. The minimum atomic E-state index is -0.00870. The highest BCUT2D eigenvalue weighted by molar-refractivity contribution is 7.20. The van der Waals surface area contributed by atoms with E-state index >= 15 is 0 Å². The van der Waals surface area contributed by atoms with Crippen LogP contribution in [0.5, 0.6) is 0 Å². The fraction of sp³-hybridized carbons (Fsp3) is 0.400. The lowest BCUT2D eigenvalue weighted by atomic mass is 10.2. The third-order valence-corrected chi connectivity index (χ3v) is 6.59. The third kappa shape index (κ3) is 4.51. The molecule has 0 atom stereocenters. The van der Waals surface area contributed by atoms with Crippen LogP contribution in [0.4, 0.5) is 0 Å². The van der Waals surface area contributed by atoms with Crippen molar-refractivity contribution in [2.45, 2.75) is 18.9 Å². The first-order valence-corrected chi connectivity index (χ1v) is 10.5. The van der Waals surface area contributed by atoms with Gasteiger partial charge in [-0.3, -0.25) is 14.5 Å². The lowest BCUT2D eigenvalue weighted by Crippen LogP contribution is -2.50. The van der Waals surface area contributed by atoms with Gasteiger partial charge in [0.05, 0.1) is 11.6 Å². The number of amides is 2. The first-order chi connectivity index (χ1) is 13.1. The number of nitrogens with one attached hydrogen (secondary N) is 1. The summed E-state index contributed by atoms with van der Waals surface area (Å²) in [6.45, 7) is 3.15. The summed E-state index contributed by atoms with van der Waals surface area (Å²) in [5, 5.41) is 4.73. The second-order valence-electron chi connectivity index (χ2n) is 7.05. The summed E-state index contributed by atoms with van der Waals surface area (Å²) in [5.74, 6) is 0.0854. The van der Waals surface area contributed by atoms with Crippen LogP contribution in [0.25, 0.3) is 16.2 Å². The zero-order chi connectivity index (χ0) is 18.8. The van der Waals surface area contributed by atoms with Crippen molar-refractivity contribution in [3.63, 3.8) is 0 Å². The molecule has 142 valence electrons. The largest absolute Gasteiger partial charge is 0.352 e. The monoisotopic (exact) mass is 403 g/mol. The molecule has 27 heavy (non-hydrogen) atoms. The van der Waals surface area contributed by atoms with Gasteiger partial charge in [0, 0.05) is 53.3 Å². The van der Waals surface area contributed by atoms with E-state index in [0.717, 1.165) is 40.9 Å². The number of carbonyl (C=O) groups excluding carboxylic acids is 2. The van der Waals surface area contributed by atoms with Gasteiger partial charge in [-0.2, -0.15) is 0 Å². The molecule has 7 heteroatoms. The summed E-state index contributed by atoms with van der Waals surface area (Å²) >= 11 is 8.01. The predicted octanol–water partition coefficient (Wildman–Crippen LogP) is 2.99. The summed E-state index contributed by atoms with van der Waals surface area (Å²) in [5.41, 5.74) is 0. The minimum absolute atomic E-state index is 0.00870. The van der Waals surface area contributed by atoms with E-state index in [9.17, 15) is 9.59 Å². The van der Waals surface area contributed by atoms with Gasteiger partial charge in [0.1, 0.15) is 0 Å². The van der Waals surface area contributed by atoms with Crippen molar-refractivity contribution in [1.29, 1.82) is 0 Å². The molecule has 1 aromatic heterocycles. The first-order valence-electron chi connectivity index (χ1n) is 9.26. The maximum absolute atomic E-state index is 12.5. The van der Waals surface area contributed by atoms with Crippen LogP contribution < -0.4 is 5.32 Å². The molecule has 4 rings (SSSR count). The van der Waals surface area contributed by atoms with E-state index in [1.54, 1.807) is 17.4 Å². The van der Waals surface area contributed by atoms with Crippen molar-refractivity contribution in [3.8, 4) is 0 Å². The SMILES string of the molecule is O=C(CN1CCN(C(=O)/C=C/c2sc3ccccc3c2Cl)CC1)NC1CC1. The van der Waals surface area contributed by atoms with E-state index < -0.39 is 0 Å². The summed E-state index contributed by atoms with van der Waals surface area (Å²) in [7, 11) is 0. The molecule has 1 aliphatic heterocycles. The van der Waals surface area contributed by atoms with Gasteiger partial charge in [-0.05, 0) is 25.0 Å². The predicted molar refractivity (Wildman–Crippen MR) is 110 cm³/mol. The Labute approximate surface area is 167 Å². The van der Waals surface area contributed by atoms with Crippen molar-refractivity contribution < 1.29 is 9.59 Å². The normalized spacial score (nSPS) is 18.3. The second kappa shape index (κ2) is 8.00. The number of thiophene rings is 1. The smallest absolute Gasteiger partial charge is 0.246 e. The Balaban J connectivity index is 1.30. The molecule has 2 heterocycles. The zero-order valence-electron chi connectivity index (χ0n) is 15.0. The number of benzene rings is 1. The number of nitrogens with zero attached hydrogens (tertiary/aromatic N) is 2. The molecular weight excluding hydrogens is 382 g/mol. The Morgan fingerprint density at radius 2 is 1.93 bits per heavy atom. The minimum Gasteiger partial charge on any atom is -0.352 e. The highest BCUT2D eigenvalue weighted by atomic mass is 35.5. The zero-order valence-corrected chi connectivity index (χ0v) is 16.6. The van der Waals surface area contributed by atoms with Crippen molar-refractivity contribution >= 4 is 50.9 Å². The molecule has 5 nitrogen and oxygen atoms in total. The molecule has 2 fully saturated rings. The van der Waals surface area contributed by atoms with Gasteiger partial charge >= 0.3 is 0 Å². The molecule has 0 unspecified atom stereocenters. The highest BCUT2D eigenvalue weighted by Crippen LogP contribution is 2.35. The van der Waals surface area contributed by atoms with Crippen LogP contribution in [0.3, 0.4) is 0 Å². The van der Waals surface area contributed by atoms with Crippen LogP contribution >= 0.6 is 22.9 Å². The number of carbonyl (C=O) groups is 2. The maximum atomic E-state index is 12.5. The molecule has 1 saturated carbocycles. The molecule has 1 aromatic carbocycles. The number of piperazine rings is 1. The van der Waals surface area contributed by atoms with Gasteiger partial charge in [-0.15, -0.1) is 11.3 Å². The van der Waals surface area contributed by atoms with Crippen LogP contribution in [0.1, 0.15) is 17.7 Å². The molecule has 0 radical (unpaired) electrons. The molecule has 2 aromatic rings. The van der Waals surface area contributed by atoms with Crippen molar-refractivity contribution in [1.82, 2.24) is 15.1 Å². The lowest BCUT2D eigenvalue weighted by molar-refractivity contribution is -0.128. The van der Waals surface area contributed by atoms with Crippen LogP contribution in [-0.2, 0) is 9.59 Å². The number of hydrogen-bond acceptors (Lipinski definition) is 4. The maximum Gasteiger partial charge on any atom is 0.246 e. The Morgan fingerprint density at radius 3 is 2.63 bits per heavy atom. The number of rotatable bonds is 5. The van der Waals surface area contributed by atoms with Gasteiger partial charge in [0.15, 0.2) is 0 Å². The van der Waals surface area contributed by atoms with Crippen LogP contribution in [0, 0.1) is 0 Å². The molecular formula is C20H22ClN3O2S. The van der Waals surface area contributed by atoms with E-state index in [-0.39, 0.29) is 11.8 Å². The first kappa shape index (κ1) is 18.5. The topological polar surface area (TPSA) is 52.7 Å². The summed E-state index contributed by atoms with van der Waals surface area (Å²) in [6, 6.07) is 8.36. The Morgan fingerprint density at radius 1 is 1.19 bits per heavy atom.